The van der Waals surface area contributed by atoms with Crippen LogP contribution in [0.3, 0.4) is 0 Å². The maximum Gasteiger partial charge on any atom is 0.189 e. The van der Waals surface area contributed by atoms with E-state index in [2.05, 4.69) is 71.2 Å². The zero-order chi connectivity index (χ0) is 27.2. The van der Waals surface area contributed by atoms with Gasteiger partial charge in [0.2, 0.25) is 0 Å². The average Bonchev–Trinajstić information content (AvgIpc) is 3.31. The Balaban J connectivity index is 1.39. The molecule has 0 saturated heterocycles. The Bertz CT molecular complexity index is 1470. The summed E-state index contributed by atoms with van der Waals surface area (Å²) in [6, 6.07) is 22.9. The minimum Gasteiger partial charge on any atom is -0.494 e. The van der Waals surface area contributed by atoms with Crippen LogP contribution < -0.4 is 14.9 Å². The van der Waals surface area contributed by atoms with Crippen molar-refractivity contribution in [2.45, 2.75) is 32.7 Å². The summed E-state index contributed by atoms with van der Waals surface area (Å²) in [6.07, 6.45) is 4.27. The lowest BCUT2D eigenvalue weighted by Crippen LogP contribution is -2.36. The van der Waals surface area contributed by atoms with Crippen LogP contribution in [0.2, 0.25) is 0 Å². The highest BCUT2D eigenvalue weighted by Gasteiger charge is 2.33. The maximum absolute atomic E-state index is 6.94. The normalized spacial score (nSPS) is 14.8. The van der Waals surface area contributed by atoms with Crippen LogP contribution in [0.1, 0.15) is 40.4 Å². The molecule has 0 spiro atoms. The third-order valence-corrected chi connectivity index (χ3v) is 7.00. The Labute approximate surface area is 229 Å². The molecule has 39 heavy (non-hydrogen) atoms. The van der Waals surface area contributed by atoms with Gasteiger partial charge in [0.25, 0.3) is 0 Å². The zero-order valence-electron chi connectivity index (χ0n) is 22.5. The Morgan fingerprint density at radius 3 is 2.59 bits per heavy atom. The van der Waals surface area contributed by atoms with Gasteiger partial charge in [-0.25, -0.2) is 0 Å². The number of rotatable bonds is 11. The molecule has 0 amide bonds. The molecule has 3 aromatic carbocycles. The van der Waals surface area contributed by atoms with Gasteiger partial charge < -0.3 is 30.2 Å². The summed E-state index contributed by atoms with van der Waals surface area (Å²) >= 11 is 0. The molecule has 0 radical (unpaired) electrons. The molecule has 1 unspecified atom stereocenters. The minimum absolute atomic E-state index is 0.0654. The minimum atomic E-state index is -0.0654. The number of hydrogen-bond acceptors (Lipinski definition) is 6. The molecular formula is C32H35N5O2. The third-order valence-electron chi connectivity index (χ3n) is 7.00. The summed E-state index contributed by atoms with van der Waals surface area (Å²) in [7, 11) is 0. The molecule has 2 heterocycles. The van der Waals surface area contributed by atoms with E-state index in [9.17, 15) is 0 Å². The summed E-state index contributed by atoms with van der Waals surface area (Å²) < 4.78 is 12.2. The quantitative estimate of drug-likeness (QED) is 0.0939. The number of aryl methyl sites for hydroxylation is 2. The number of nitrogens with zero attached hydrogens (tertiary/aromatic N) is 2. The van der Waals surface area contributed by atoms with Crippen molar-refractivity contribution in [2.24, 2.45) is 5.10 Å². The van der Waals surface area contributed by atoms with Crippen LogP contribution in [0.5, 0.6) is 11.5 Å². The van der Waals surface area contributed by atoms with Crippen LogP contribution in [-0.2, 0) is 6.42 Å². The molecule has 1 aromatic heterocycles. The fourth-order valence-electron chi connectivity index (χ4n) is 5.06. The van der Waals surface area contributed by atoms with Gasteiger partial charge in [-0.3, -0.25) is 0 Å². The number of nitrogens with one attached hydrogen (secondary N) is 3. The molecule has 4 aromatic rings. The van der Waals surface area contributed by atoms with E-state index in [-0.39, 0.29) is 6.04 Å². The van der Waals surface area contributed by atoms with Crippen LogP contribution in [0.15, 0.2) is 84.3 Å². The topological polar surface area (TPSA) is 85.7 Å². The van der Waals surface area contributed by atoms with E-state index < -0.39 is 0 Å². The predicted octanol–water partition coefficient (Wildman–Crippen LogP) is 6.28. The highest BCUT2D eigenvalue weighted by molar-refractivity contribution is 6.14. The highest BCUT2D eigenvalue weighted by atomic mass is 16.5. The first-order chi connectivity index (χ1) is 19.0. The van der Waals surface area contributed by atoms with Gasteiger partial charge in [0.15, 0.2) is 5.88 Å². The van der Waals surface area contributed by atoms with Crippen molar-refractivity contribution in [3.8, 4) is 11.5 Å². The second-order valence-corrected chi connectivity index (χ2v) is 9.85. The van der Waals surface area contributed by atoms with Gasteiger partial charge in [-0.15, -0.1) is 0 Å². The van der Waals surface area contributed by atoms with E-state index in [0.717, 1.165) is 48.2 Å². The first-order valence-electron chi connectivity index (χ1n) is 13.3. The Kier molecular flexibility index (Phi) is 7.96. The van der Waals surface area contributed by atoms with Crippen LogP contribution in [-0.4, -0.2) is 42.0 Å². The lowest BCUT2D eigenvalue weighted by atomic mass is 9.92. The van der Waals surface area contributed by atoms with Gasteiger partial charge in [-0.05, 0) is 74.4 Å². The van der Waals surface area contributed by atoms with Crippen LogP contribution in [0.4, 0.5) is 0 Å². The van der Waals surface area contributed by atoms with E-state index in [4.69, 9.17) is 14.9 Å². The SMILES string of the molecule is C=C(Oc1ccc(C)cc1)N1CCc2c([nH]c3ccc(C)cc23)C1c1ccc(OCCCN/N=C/C=N)cc1. The lowest BCUT2D eigenvalue weighted by Gasteiger charge is -2.38. The molecule has 7 heteroatoms. The highest BCUT2D eigenvalue weighted by Crippen LogP contribution is 2.41. The van der Waals surface area contributed by atoms with E-state index in [0.29, 0.717) is 19.0 Å². The third kappa shape index (κ3) is 5.98. The number of fused-ring (bicyclic) bond motifs is 3. The fourth-order valence-corrected chi connectivity index (χ4v) is 5.06. The molecule has 200 valence electrons. The number of H-pyrrole nitrogens is 1. The summed E-state index contributed by atoms with van der Waals surface area (Å²) in [5.74, 6) is 2.23. The van der Waals surface area contributed by atoms with Gasteiger partial charge in [-0.1, -0.05) is 41.5 Å². The zero-order valence-corrected chi connectivity index (χ0v) is 22.5. The molecule has 0 aliphatic carbocycles. The summed E-state index contributed by atoms with van der Waals surface area (Å²) in [6.45, 7) is 10.6. The number of benzene rings is 3. The molecule has 3 N–H and O–H groups in total. The van der Waals surface area contributed by atoms with Crippen molar-refractivity contribution in [1.29, 1.82) is 5.41 Å². The fraction of sp³-hybridized carbons (Fsp3) is 0.250. The molecule has 7 nitrogen and oxygen atoms in total. The second-order valence-electron chi connectivity index (χ2n) is 9.85. The predicted molar refractivity (Wildman–Crippen MR) is 158 cm³/mol. The number of ether oxygens (including phenoxy) is 2. The summed E-state index contributed by atoms with van der Waals surface area (Å²) in [5.41, 5.74) is 10.2. The number of aromatic amines is 1. The van der Waals surface area contributed by atoms with Crippen molar-refractivity contribution in [1.82, 2.24) is 15.3 Å². The average molecular weight is 522 g/mol. The first kappa shape index (κ1) is 26.1. The van der Waals surface area contributed by atoms with Crippen LogP contribution in [0, 0.1) is 19.3 Å². The Hall–Kier alpha value is -4.52. The standard InChI is InChI=1S/C32H35N5O2/c1-22-5-10-27(11-6-22)39-24(3)37-19-15-28-29-21-23(2)7-14-30(29)36-31(28)32(37)25-8-12-26(13-9-25)38-20-4-17-34-35-18-16-33/h5-14,16,18,21,32-34,36H,3-4,15,17,19-20H2,1-2H3/b33-16?,35-18+. The second kappa shape index (κ2) is 11.9. The van der Waals surface area contributed by atoms with Crippen molar-refractivity contribution in [3.63, 3.8) is 0 Å². The first-order valence-corrected chi connectivity index (χ1v) is 13.3. The van der Waals surface area contributed by atoms with Crippen molar-refractivity contribution >= 4 is 23.3 Å². The van der Waals surface area contributed by atoms with E-state index >= 15 is 0 Å². The molecule has 5 rings (SSSR count). The number of hydrazone groups is 1. The van der Waals surface area contributed by atoms with Crippen LogP contribution >= 0.6 is 0 Å². The van der Waals surface area contributed by atoms with E-state index in [1.807, 2.05) is 36.4 Å². The van der Waals surface area contributed by atoms with E-state index in [1.165, 1.54) is 34.0 Å². The molecule has 1 aliphatic heterocycles. The van der Waals surface area contributed by atoms with Gasteiger partial charge in [0.1, 0.15) is 11.5 Å². The van der Waals surface area contributed by atoms with Gasteiger partial charge in [-0.2, -0.15) is 5.10 Å². The molecule has 1 atom stereocenters. The van der Waals surface area contributed by atoms with Crippen LogP contribution in [0.25, 0.3) is 10.9 Å². The Morgan fingerprint density at radius 1 is 1.08 bits per heavy atom. The van der Waals surface area contributed by atoms with Crippen molar-refractivity contribution in [2.75, 3.05) is 19.7 Å². The number of aromatic nitrogens is 1. The Morgan fingerprint density at radius 2 is 1.82 bits per heavy atom. The van der Waals surface area contributed by atoms with Crippen molar-refractivity contribution in [3.05, 3.63) is 107 Å². The molecule has 0 saturated carbocycles. The molecule has 0 bridgehead atoms. The summed E-state index contributed by atoms with van der Waals surface area (Å²) in [4.78, 5) is 5.97. The smallest absolute Gasteiger partial charge is 0.189 e. The van der Waals surface area contributed by atoms with Crippen molar-refractivity contribution < 1.29 is 9.47 Å². The maximum atomic E-state index is 6.94. The molecular weight excluding hydrogens is 486 g/mol. The molecule has 1 aliphatic rings. The van der Waals surface area contributed by atoms with Gasteiger partial charge >= 0.3 is 0 Å². The molecule has 0 fully saturated rings. The number of hydrogen-bond donors (Lipinski definition) is 3. The van der Waals surface area contributed by atoms with E-state index in [1.54, 1.807) is 0 Å². The largest absolute Gasteiger partial charge is 0.494 e. The van der Waals surface area contributed by atoms with Gasteiger partial charge in [0.05, 0.1) is 18.9 Å². The lowest BCUT2D eigenvalue weighted by molar-refractivity contribution is 0.174. The van der Waals surface area contributed by atoms with Gasteiger partial charge in [0, 0.05) is 42.3 Å². The summed E-state index contributed by atoms with van der Waals surface area (Å²) in [5, 5.41) is 12.1. The monoisotopic (exact) mass is 521 g/mol.